The van der Waals surface area contributed by atoms with E-state index in [2.05, 4.69) is 32.6 Å². The number of carbonyl (C=O) groups is 1. The lowest BCUT2D eigenvalue weighted by Crippen LogP contribution is -2.49. The summed E-state index contributed by atoms with van der Waals surface area (Å²) in [5.41, 5.74) is 2.41. The summed E-state index contributed by atoms with van der Waals surface area (Å²) in [6, 6.07) is 15.6. The molecule has 6 heteroatoms. The largest absolute Gasteiger partial charge is 0.369 e. The number of rotatable bonds is 10. The molecule has 1 aliphatic heterocycles. The highest BCUT2D eigenvalue weighted by molar-refractivity contribution is 6.30. The summed E-state index contributed by atoms with van der Waals surface area (Å²) < 4.78 is 6.35. The molecule has 1 heterocycles. The smallest absolute Gasteiger partial charge is 0.222 e. The number of halogens is 2. The van der Waals surface area contributed by atoms with Crippen LogP contribution >= 0.6 is 23.2 Å². The number of amides is 1. The summed E-state index contributed by atoms with van der Waals surface area (Å²) in [7, 11) is 0. The van der Waals surface area contributed by atoms with Gasteiger partial charge in [0.15, 0.2) is 0 Å². The molecule has 0 aromatic heterocycles. The second-order valence-corrected chi connectivity index (χ2v) is 11.9. The number of hydrogen-bond donors (Lipinski definition) is 0. The highest BCUT2D eigenvalue weighted by Gasteiger charge is 2.24. The van der Waals surface area contributed by atoms with Crippen molar-refractivity contribution < 1.29 is 9.53 Å². The van der Waals surface area contributed by atoms with Crippen LogP contribution in [0, 0.1) is 11.3 Å². The van der Waals surface area contributed by atoms with Crippen molar-refractivity contribution in [1.29, 1.82) is 0 Å². The molecular weight excluding hydrogens is 479 g/mol. The van der Waals surface area contributed by atoms with Gasteiger partial charge in [0.1, 0.15) is 6.10 Å². The first-order valence-corrected chi connectivity index (χ1v) is 13.5. The quantitative estimate of drug-likeness (QED) is 0.314. The first-order chi connectivity index (χ1) is 16.6. The van der Waals surface area contributed by atoms with E-state index in [0.29, 0.717) is 34.9 Å². The predicted molar refractivity (Wildman–Crippen MR) is 146 cm³/mol. The fraction of sp³-hybridized carbons (Fsp3) is 0.552. The van der Waals surface area contributed by atoms with E-state index in [9.17, 15) is 4.79 Å². The van der Waals surface area contributed by atoms with Crippen LogP contribution in [-0.4, -0.2) is 55.0 Å². The van der Waals surface area contributed by atoms with Gasteiger partial charge in [-0.1, -0.05) is 75.2 Å². The number of ether oxygens (including phenoxy) is 1. The number of benzene rings is 2. The maximum Gasteiger partial charge on any atom is 0.222 e. The summed E-state index contributed by atoms with van der Waals surface area (Å²) >= 11 is 12.2. The van der Waals surface area contributed by atoms with E-state index in [1.54, 1.807) is 0 Å². The highest BCUT2D eigenvalue weighted by Crippen LogP contribution is 2.29. The molecule has 1 unspecified atom stereocenters. The minimum Gasteiger partial charge on any atom is -0.369 e. The van der Waals surface area contributed by atoms with E-state index in [1.807, 2.05) is 53.4 Å². The lowest BCUT2D eigenvalue weighted by molar-refractivity contribution is -0.134. The third-order valence-corrected chi connectivity index (χ3v) is 6.96. The van der Waals surface area contributed by atoms with Crippen molar-refractivity contribution in [2.45, 2.75) is 53.1 Å². The predicted octanol–water partition coefficient (Wildman–Crippen LogP) is 7.10. The maximum absolute atomic E-state index is 12.7. The molecule has 35 heavy (non-hydrogen) atoms. The van der Waals surface area contributed by atoms with Crippen LogP contribution in [0.4, 0.5) is 0 Å². The number of hydrogen-bond acceptors (Lipinski definition) is 3. The fourth-order valence-electron chi connectivity index (χ4n) is 4.92. The molecule has 1 fully saturated rings. The molecule has 0 N–H and O–H groups in total. The first-order valence-electron chi connectivity index (χ1n) is 12.7. The van der Waals surface area contributed by atoms with Crippen molar-refractivity contribution >= 4 is 29.1 Å². The van der Waals surface area contributed by atoms with Crippen molar-refractivity contribution in [3.63, 3.8) is 0 Å². The average Bonchev–Trinajstić information content (AvgIpc) is 2.80. The van der Waals surface area contributed by atoms with Gasteiger partial charge in [-0.25, -0.2) is 0 Å². The zero-order valence-electron chi connectivity index (χ0n) is 21.6. The monoisotopic (exact) mass is 518 g/mol. The van der Waals surface area contributed by atoms with Crippen LogP contribution in [0.1, 0.15) is 64.2 Å². The summed E-state index contributed by atoms with van der Waals surface area (Å²) in [6.07, 6.45) is 2.51. The zero-order chi connectivity index (χ0) is 25.4. The van der Waals surface area contributed by atoms with Crippen molar-refractivity contribution in [2.24, 2.45) is 11.3 Å². The Balaban J connectivity index is 1.43. The van der Waals surface area contributed by atoms with Crippen molar-refractivity contribution in [3.05, 3.63) is 69.7 Å². The summed E-state index contributed by atoms with van der Waals surface area (Å²) in [5, 5.41) is 1.43. The van der Waals surface area contributed by atoms with Gasteiger partial charge in [-0.15, -0.1) is 0 Å². The van der Waals surface area contributed by atoms with Gasteiger partial charge >= 0.3 is 0 Å². The molecule has 2 aromatic carbocycles. The Morgan fingerprint density at radius 1 is 0.914 bits per heavy atom. The molecule has 0 saturated carbocycles. The summed E-state index contributed by atoms with van der Waals surface area (Å²) in [6.45, 7) is 14.0. The zero-order valence-corrected chi connectivity index (χ0v) is 23.1. The van der Waals surface area contributed by atoms with E-state index in [0.717, 1.165) is 56.7 Å². The van der Waals surface area contributed by atoms with Gasteiger partial charge in [0.05, 0.1) is 0 Å². The van der Waals surface area contributed by atoms with E-state index in [4.69, 9.17) is 27.9 Å². The molecule has 0 bridgehead atoms. The van der Waals surface area contributed by atoms with E-state index < -0.39 is 0 Å². The molecule has 0 spiro atoms. The molecule has 0 radical (unpaired) electrons. The average molecular weight is 520 g/mol. The summed E-state index contributed by atoms with van der Waals surface area (Å²) in [4.78, 5) is 17.2. The van der Waals surface area contributed by atoms with Crippen molar-refractivity contribution in [3.8, 4) is 0 Å². The van der Waals surface area contributed by atoms with Crippen molar-refractivity contribution in [2.75, 3.05) is 39.3 Å². The third-order valence-electron chi connectivity index (χ3n) is 6.46. The Hall–Kier alpha value is -1.59. The Labute approximate surface area is 221 Å². The number of nitrogens with zero attached hydrogens (tertiary/aromatic N) is 2. The van der Waals surface area contributed by atoms with Crippen LogP contribution < -0.4 is 0 Å². The van der Waals surface area contributed by atoms with Gasteiger partial charge in [-0.3, -0.25) is 9.69 Å². The lowest BCUT2D eigenvalue weighted by Gasteiger charge is -2.35. The number of carbonyl (C=O) groups excluding carboxylic acids is 1. The lowest BCUT2D eigenvalue weighted by atomic mass is 9.84. The van der Waals surface area contributed by atoms with Gasteiger partial charge < -0.3 is 9.64 Å². The maximum atomic E-state index is 12.7. The second kappa shape index (κ2) is 13.1. The second-order valence-electron chi connectivity index (χ2n) is 11.0. The van der Waals surface area contributed by atoms with Crippen LogP contribution in [-0.2, 0) is 9.53 Å². The van der Waals surface area contributed by atoms with Crippen LogP contribution in [0.2, 0.25) is 10.0 Å². The Morgan fingerprint density at radius 3 is 1.91 bits per heavy atom. The van der Waals surface area contributed by atoms with Gasteiger partial charge in [0.25, 0.3) is 0 Å². The SMILES string of the molecule is CC(CC(=O)N1CCN(CCCOC(c2ccc(Cl)cc2)c2ccc(Cl)cc2)CC1)CC(C)(C)C. The van der Waals surface area contributed by atoms with E-state index >= 15 is 0 Å². The van der Waals surface area contributed by atoms with Crippen LogP contribution in [0.15, 0.2) is 48.5 Å². The standard InChI is InChI=1S/C29H40Cl2N2O2/c1-22(21-29(2,3)4)20-27(34)33-17-15-32(16-18-33)14-5-19-35-28(23-6-10-25(30)11-7-23)24-8-12-26(31)13-9-24/h6-13,22,28H,5,14-21H2,1-4H3. The van der Waals surface area contributed by atoms with Gasteiger partial charge in [-0.2, -0.15) is 0 Å². The molecular formula is C29H40Cl2N2O2. The van der Waals surface area contributed by atoms with Crippen LogP contribution in [0.25, 0.3) is 0 Å². The van der Waals surface area contributed by atoms with Crippen LogP contribution in [0.5, 0.6) is 0 Å². The fourth-order valence-corrected chi connectivity index (χ4v) is 5.17. The molecule has 1 amide bonds. The molecule has 2 aromatic rings. The van der Waals surface area contributed by atoms with Gasteiger partial charge in [-0.05, 0) is 59.6 Å². The third kappa shape index (κ3) is 9.42. The topological polar surface area (TPSA) is 32.8 Å². The number of piperazine rings is 1. The van der Waals surface area contributed by atoms with Gasteiger partial charge in [0, 0.05) is 55.8 Å². The Kier molecular flexibility index (Phi) is 10.5. The summed E-state index contributed by atoms with van der Waals surface area (Å²) in [5.74, 6) is 0.727. The molecule has 1 aliphatic rings. The minimum absolute atomic E-state index is 0.158. The Morgan fingerprint density at radius 2 is 1.43 bits per heavy atom. The van der Waals surface area contributed by atoms with E-state index in [-0.39, 0.29) is 11.5 Å². The molecule has 0 aliphatic carbocycles. The van der Waals surface area contributed by atoms with Crippen LogP contribution in [0.3, 0.4) is 0 Å². The minimum atomic E-state index is -0.158. The first kappa shape index (κ1) is 28.0. The highest BCUT2D eigenvalue weighted by atomic mass is 35.5. The molecule has 1 saturated heterocycles. The van der Waals surface area contributed by atoms with Gasteiger partial charge in [0.2, 0.25) is 5.91 Å². The molecule has 192 valence electrons. The Bertz CT molecular complexity index is 872. The normalized spacial score (nSPS) is 16.0. The van der Waals surface area contributed by atoms with Crippen molar-refractivity contribution in [1.82, 2.24) is 9.80 Å². The molecule has 4 nitrogen and oxygen atoms in total. The molecule has 3 rings (SSSR count). The molecule has 1 atom stereocenters. The van der Waals surface area contributed by atoms with E-state index in [1.165, 1.54) is 0 Å².